The van der Waals surface area contributed by atoms with E-state index in [0.29, 0.717) is 18.3 Å². The van der Waals surface area contributed by atoms with Gasteiger partial charge >= 0.3 is 5.97 Å². The molecule has 0 aromatic heterocycles. The van der Waals surface area contributed by atoms with Gasteiger partial charge in [0.1, 0.15) is 6.10 Å². The molecule has 3 nitrogen and oxygen atoms in total. The van der Waals surface area contributed by atoms with E-state index in [1.54, 1.807) is 0 Å². The molecule has 2 rings (SSSR count). The first-order valence-electron chi connectivity index (χ1n) is 5.69. The molecule has 1 aliphatic carbocycles. The molecule has 2 fully saturated rings. The van der Waals surface area contributed by atoms with Crippen LogP contribution in [0.5, 0.6) is 0 Å². The molecule has 0 amide bonds. The van der Waals surface area contributed by atoms with Crippen LogP contribution in [0, 0.1) is 11.8 Å². The summed E-state index contributed by atoms with van der Waals surface area (Å²) < 4.78 is 5.31. The van der Waals surface area contributed by atoms with Gasteiger partial charge in [-0.25, -0.2) is 0 Å². The zero-order valence-corrected chi connectivity index (χ0v) is 10.0. The number of ether oxygens (including phenoxy) is 1. The van der Waals surface area contributed by atoms with Crippen LogP contribution in [0.1, 0.15) is 32.6 Å². The van der Waals surface area contributed by atoms with Crippen molar-refractivity contribution in [2.75, 3.05) is 13.1 Å². The van der Waals surface area contributed by atoms with Crippen LogP contribution in [0.3, 0.4) is 0 Å². The average Bonchev–Trinajstić information content (AvgIpc) is 2.54. The highest BCUT2D eigenvalue weighted by Crippen LogP contribution is 2.37. The molecule has 3 atom stereocenters. The Labute approximate surface area is 97.4 Å². The van der Waals surface area contributed by atoms with Crippen molar-refractivity contribution in [2.24, 2.45) is 11.8 Å². The minimum absolute atomic E-state index is 0. The second-order valence-corrected chi connectivity index (χ2v) is 4.48. The number of fused-ring (bicyclic) bond motifs is 1. The maximum absolute atomic E-state index is 11.1. The molecule has 2 aliphatic rings. The second-order valence-electron chi connectivity index (χ2n) is 4.48. The van der Waals surface area contributed by atoms with E-state index in [1.807, 2.05) is 0 Å². The van der Waals surface area contributed by atoms with Gasteiger partial charge in [-0.3, -0.25) is 4.79 Å². The Hall–Kier alpha value is -0.280. The van der Waals surface area contributed by atoms with Crippen LogP contribution in [-0.4, -0.2) is 25.2 Å². The Bertz CT molecular complexity index is 223. The summed E-state index contributed by atoms with van der Waals surface area (Å²) in [5.74, 6) is 1.26. The Kier molecular flexibility index (Phi) is 4.87. The Balaban J connectivity index is 0.00000112. The van der Waals surface area contributed by atoms with Gasteiger partial charge in [-0.15, -0.1) is 12.4 Å². The standard InChI is InChI=1S/C11H19NO2.ClH/c1-2-12-7-8-3-4-9-6-11(13)14-10(9)5-8;/h8-10,12H,2-7H2,1H3;1H/t8-,9+,10+;/m0./s1. The molecule has 0 bridgehead atoms. The van der Waals surface area contributed by atoms with Crippen molar-refractivity contribution < 1.29 is 9.53 Å². The molecule has 0 aromatic rings. The van der Waals surface area contributed by atoms with E-state index >= 15 is 0 Å². The van der Waals surface area contributed by atoms with Crippen molar-refractivity contribution in [3.05, 3.63) is 0 Å². The van der Waals surface area contributed by atoms with Gasteiger partial charge < -0.3 is 10.1 Å². The normalized spacial score (nSPS) is 34.2. The predicted molar refractivity (Wildman–Crippen MR) is 61.1 cm³/mol. The summed E-state index contributed by atoms with van der Waals surface area (Å²) in [6.07, 6.45) is 4.40. The van der Waals surface area contributed by atoms with E-state index in [2.05, 4.69) is 12.2 Å². The van der Waals surface area contributed by atoms with E-state index in [4.69, 9.17) is 4.74 Å². The topological polar surface area (TPSA) is 38.3 Å². The molecular formula is C11H20ClNO2. The SMILES string of the molecule is CCNC[C@H]1CC[C@@H]2CC(=O)O[C@@H]2C1.Cl. The highest BCUT2D eigenvalue weighted by molar-refractivity contribution is 5.85. The van der Waals surface area contributed by atoms with Crippen molar-refractivity contribution in [1.29, 1.82) is 0 Å². The first kappa shape index (κ1) is 12.8. The van der Waals surface area contributed by atoms with Crippen molar-refractivity contribution in [2.45, 2.75) is 38.7 Å². The van der Waals surface area contributed by atoms with Gasteiger partial charge in [0.2, 0.25) is 0 Å². The summed E-state index contributed by atoms with van der Waals surface area (Å²) in [5.41, 5.74) is 0. The Morgan fingerprint density at radius 2 is 2.27 bits per heavy atom. The van der Waals surface area contributed by atoms with E-state index in [0.717, 1.165) is 19.5 Å². The van der Waals surface area contributed by atoms with Gasteiger partial charge in [0.25, 0.3) is 0 Å². The summed E-state index contributed by atoms with van der Waals surface area (Å²) in [6.45, 7) is 4.24. The van der Waals surface area contributed by atoms with Crippen molar-refractivity contribution in [1.82, 2.24) is 5.32 Å². The number of carbonyl (C=O) groups is 1. The Morgan fingerprint density at radius 1 is 1.47 bits per heavy atom. The predicted octanol–water partition coefficient (Wildman–Crippen LogP) is 1.75. The van der Waals surface area contributed by atoms with Crippen molar-refractivity contribution in [3.63, 3.8) is 0 Å². The summed E-state index contributed by atoms with van der Waals surface area (Å²) in [5, 5.41) is 3.37. The molecule has 0 unspecified atom stereocenters. The third-order valence-corrected chi connectivity index (χ3v) is 3.43. The van der Waals surface area contributed by atoms with E-state index in [-0.39, 0.29) is 24.5 Å². The fourth-order valence-electron chi connectivity index (χ4n) is 2.62. The minimum Gasteiger partial charge on any atom is -0.462 e. The molecule has 4 heteroatoms. The molecule has 1 heterocycles. The average molecular weight is 234 g/mol. The largest absolute Gasteiger partial charge is 0.462 e. The molecule has 0 spiro atoms. The van der Waals surface area contributed by atoms with Crippen LogP contribution in [0.25, 0.3) is 0 Å². The van der Waals surface area contributed by atoms with Gasteiger partial charge in [0.05, 0.1) is 6.42 Å². The van der Waals surface area contributed by atoms with Gasteiger partial charge in [0.15, 0.2) is 0 Å². The molecule has 1 aliphatic heterocycles. The smallest absolute Gasteiger partial charge is 0.306 e. The van der Waals surface area contributed by atoms with E-state index < -0.39 is 0 Å². The molecule has 0 radical (unpaired) electrons. The second kappa shape index (κ2) is 5.71. The summed E-state index contributed by atoms with van der Waals surface area (Å²) >= 11 is 0. The zero-order valence-electron chi connectivity index (χ0n) is 9.20. The lowest BCUT2D eigenvalue weighted by molar-refractivity contribution is -0.142. The monoisotopic (exact) mass is 233 g/mol. The minimum atomic E-state index is 0. The first-order chi connectivity index (χ1) is 6.79. The lowest BCUT2D eigenvalue weighted by atomic mass is 9.79. The number of nitrogens with one attached hydrogen (secondary N) is 1. The molecule has 15 heavy (non-hydrogen) atoms. The van der Waals surface area contributed by atoms with E-state index in [9.17, 15) is 4.79 Å². The lowest BCUT2D eigenvalue weighted by Crippen LogP contribution is -2.32. The molecule has 88 valence electrons. The summed E-state index contributed by atoms with van der Waals surface area (Å²) in [7, 11) is 0. The van der Waals surface area contributed by atoms with Crippen LogP contribution in [-0.2, 0) is 9.53 Å². The number of esters is 1. The van der Waals surface area contributed by atoms with Crippen LogP contribution in [0.4, 0.5) is 0 Å². The zero-order chi connectivity index (χ0) is 9.97. The third kappa shape index (κ3) is 3.08. The van der Waals surface area contributed by atoms with Crippen molar-refractivity contribution in [3.8, 4) is 0 Å². The molecular weight excluding hydrogens is 214 g/mol. The van der Waals surface area contributed by atoms with Gasteiger partial charge in [-0.05, 0) is 38.3 Å². The summed E-state index contributed by atoms with van der Waals surface area (Å²) in [4.78, 5) is 11.1. The number of carbonyl (C=O) groups excluding carboxylic acids is 1. The number of hydrogen-bond acceptors (Lipinski definition) is 3. The number of halogens is 1. The molecule has 1 saturated carbocycles. The highest BCUT2D eigenvalue weighted by atomic mass is 35.5. The maximum Gasteiger partial charge on any atom is 0.306 e. The van der Waals surface area contributed by atoms with Crippen LogP contribution in [0.2, 0.25) is 0 Å². The molecule has 0 aromatic carbocycles. The van der Waals surface area contributed by atoms with Gasteiger partial charge in [-0.1, -0.05) is 6.92 Å². The van der Waals surface area contributed by atoms with Crippen LogP contribution >= 0.6 is 12.4 Å². The number of rotatable bonds is 3. The number of hydrogen-bond donors (Lipinski definition) is 1. The fourth-order valence-corrected chi connectivity index (χ4v) is 2.62. The highest BCUT2D eigenvalue weighted by Gasteiger charge is 2.39. The van der Waals surface area contributed by atoms with Gasteiger partial charge in [0, 0.05) is 5.92 Å². The molecule has 1 N–H and O–H groups in total. The first-order valence-corrected chi connectivity index (χ1v) is 5.69. The lowest BCUT2D eigenvalue weighted by Gasteiger charge is -2.29. The quantitative estimate of drug-likeness (QED) is 0.755. The fraction of sp³-hybridized carbons (Fsp3) is 0.909. The van der Waals surface area contributed by atoms with Crippen molar-refractivity contribution >= 4 is 18.4 Å². The van der Waals surface area contributed by atoms with E-state index in [1.165, 1.54) is 12.8 Å². The van der Waals surface area contributed by atoms with Gasteiger partial charge in [-0.2, -0.15) is 0 Å². The van der Waals surface area contributed by atoms with Crippen LogP contribution in [0.15, 0.2) is 0 Å². The molecule has 1 saturated heterocycles. The van der Waals surface area contributed by atoms with Crippen LogP contribution < -0.4 is 5.32 Å². The third-order valence-electron chi connectivity index (χ3n) is 3.43. The maximum atomic E-state index is 11.1. The Morgan fingerprint density at radius 3 is 3.00 bits per heavy atom. The summed E-state index contributed by atoms with van der Waals surface area (Å²) in [6, 6.07) is 0.